The standard InChI is InChI=1S/C27H41N3O4/c1-2-3-4-5-6-7-8-9-10-11-12-13-14-15-16-17-25(32)28-24-20-21-30(27(33)29-24)26-19-18-23(22-31)34-26/h3-4,6-7,9-10,20-21,23,26,31H,2,5,8,11-19,22H2,1H3,(H,28,29,32,33)/t23-,26-/m0/s1. The molecule has 7 nitrogen and oxygen atoms in total. The highest BCUT2D eigenvalue weighted by atomic mass is 16.5. The van der Waals surface area contributed by atoms with E-state index in [1.807, 2.05) is 0 Å². The Morgan fingerprint density at radius 1 is 1.09 bits per heavy atom. The summed E-state index contributed by atoms with van der Waals surface area (Å²) in [6.45, 7) is 2.09. The van der Waals surface area contributed by atoms with Crippen LogP contribution in [0, 0.1) is 0 Å². The minimum atomic E-state index is -0.462. The molecule has 2 heterocycles. The van der Waals surface area contributed by atoms with Crippen LogP contribution < -0.4 is 11.0 Å². The van der Waals surface area contributed by atoms with Crippen LogP contribution in [-0.2, 0) is 9.53 Å². The molecule has 1 aliphatic heterocycles. The van der Waals surface area contributed by atoms with Crippen molar-refractivity contribution in [3.05, 3.63) is 59.2 Å². The van der Waals surface area contributed by atoms with Gasteiger partial charge in [0.2, 0.25) is 5.91 Å². The van der Waals surface area contributed by atoms with E-state index >= 15 is 0 Å². The first-order valence-corrected chi connectivity index (χ1v) is 12.7. The Labute approximate surface area is 203 Å². The van der Waals surface area contributed by atoms with Crippen LogP contribution in [0.5, 0.6) is 0 Å². The first-order chi connectivity index (χ1) is 16.6. The van der Waals surface area contributed by atoms with Crippen LogP contribution in [0.25, 0.3) is 0 Å². The average Bonchev–Trinajstić information content (AvgIpc) is 3.30. The summed E-state index contributed by atoms with van der Waals surface area (Å²) in [5.41, 5.74) is -0.462. The molecule has 0 radical (unpaired) electrons. The van der Waals surface area contributed by atoms with Gasteiger partial charge in [-0.25, -0.2) is 4.79 Å². The van der Waals surface area contributed by atoms with Crippen molar-refractivity contribution in [2.24, 2.45) is 0 Å². The van der Waals surface area contributed by atoms with Crippen molar-refractivity contribution in [3.63, 3.8) is 0 Å². The molecule has 7 heteroatoms. The summed E-state index contributed by atoms with van der Waals surface area (Å²) in [4.78, 5) is 28.4. The number of hydrogen-bond acceptors (Lipinski definition) is 5. The number of allylic oxidation sites excluding steroid dienone is 6. The molecule has 2 rings (SSSR count). The molecular weight excluding hydrogens is 430 g/mol. The van der Waals surface area contributed by atoms with Gasteiger partial charge in [0, 0.05) is 12.6 Å². The number of carbonyl (C=O) groups is 1. The zero-order valence-electron chi connectivity index (χ0n) is 20.5. The topological polar surface area (TPSA) is 93.5 Å². The van der Waals surface area contributed by atoms with Crippen molar-refractivity contribution in [3.8, 4) is 0 Å². The van der Waals surface area contributed by atoms with Crippen LogP contribution in [0.4, 0.5) is 5.82 Å². The Balaban J connectivity index is 1.52. The van der Waals surface area contributed by atoms with E-state index < -0.39 is 11.9 Å². The maximum absolute atomic E-state index is 12.3. The lowest BCUT2D eigenvalue weighted by Gasteiger charge is -2.15. The van der Waals surface area contributed by atoms with Crippen LogP contribution in [0.15, 0.2) is 53.5 Å². The molecule has 0 bridgehead atoms. The fraction of sp³-hybridized carbons (Fsp3) is 0.593. The highest BCUT2D eigenvalue weighted by Gasteiger charge is 2.26. The number of rotatable bonds is 16. The van der Waals surface area contributed by atoms with Crippen molar-refractivity contribution >= 4 is 11.7 Å². The van der Waals surface area contributed by atoms with Gasteiger partial charge in [0.05, 0.1) is 12.7 Å². The normalized spacial score (nSPS) is 18.5. The van der Waals surface area contributed by atoms with Gasteiger partial charge in [-0.3, -0.25) is 9.36 Å². The molecule has 0 saturated carbocycles. The van der Waals surface area contributed by atoms with Gasteiger partial charge in [-0.15, -0.1) is 0 Å². The number of anilines is 1. The molecule has 1 aliphatic rings. The molecule has 1 aromatic rings. The van der Waals surface area contributed by atoms with Gasteiger partial charge in [0.25, 0.3) is 0 Å². The first-order valence-electron chi connectivity index (χ1n) is 12.7. The van der Waals surface area contributed by atoms with Gasteiger partial charge in [0.15, 0.2) is 0 Å². The zero-order chi connectivity index (χ0) is 24.4. The number of hydrogen-bond donors (Lipinski definition) is 2. The third kappa shape index (κ3) is 11.1. The number of aliphatic hydroxyl groups excluding tert-OH is 1. The van der Waals surface area contributed by atoms with Crippen molar-refractivity contribution in [2.45, 2.75) is 96.3 Å². The van der Waals surface area contributed by atoms with Crippen LogP contribution in [0.3, 0.4) is 0 Å². The van der Waals surface area contributed by atoms with Gasteiger partial charge in [-0.1, -0.05) is 62.6 Å². The number of nitrogens with zero attached hydrogens (tertiary/aromatic N) is 2. The summed E-state index contributed by atoms with van der Waals surface area (Å²) in [6.07, 6.45) is 25.5. The second-order valence-corrected chi connectivity index (χ2v) is 8.62. The summed E-state index contributed by atoms with van der Waals surface area (Å²) in [6, 6.07) is 1.61. The molecule has 34 heavy (non-hydrogen) atoms. The lowest BCUT2D eigenvalue weighted by atomic mass is 10.1. The molecule has 2 N–H and O–H groups in total. The predicted octanol–water partition coefficient (Wildman–Crippen LogP) is 5.44. The van der Waals surface area contributed by atoms with Crippen LogP contribution in [0.1, 0.15) is 90.2 Å². The largest absolute Gasteiger partial charge is 0.394 e. The molecule has 1 aromatic heterocycles. The predicted molar refractivity (Wildman–Crippen MR) is 137 cm³/mol. The first kappa shape index (κ1) is 27.7. The monoisotopic (exact) mass is 471 g/mol. The Morgan fingerprint density at radius 2 is 1.79 bits per heavy atom. The van der Waals surface area contributed by atoms with Gasteiger partial charge >= 0.3 is 5.69 Å². The third-order valence-electron chi connectivity index (χ3n) is 5.75. The minimum absolute atomic E-state index is 0.0562. The molecule has 0 aliphatic carbocycles. The Morgan fingerprint density at radius 3 is 2.50 bits per heavy atom. The molecule has 1 amide bonds. The van der Waals surface area contributed by atoms with Crippen LogP contribution in [-0.4, -0.2) is 33.3 Å². The summed E-state index contributed by atoms with van der Waals surface area (Å²) in [5.74, 6) is 0.144. The van der Waals surface area contributed by atoms with Gasteiger partial charge in [-0.05, 0) is 57.4 Å². The number of aliphatic hydroxyl groups is 1. The van der Waals surface area contributed by atoms with Crippen molar-refractivity contribution < 1.29 is 14.6 Å². The molecule has 188 valence electrons. The maximum atomic E-state index is 12.3. The summed E-state index contributed by atoms with van der Waals surface area (Å²) in [5, 5.41) is 11.9. The minimum Gasteiger partial charge on any atom is -0.394 e. The second-order valence-electron chi connectivity index (χ2n) is 8.62. The molecule has 2 atom stereocenters. The van der Waals surface area contributed by atoms with E-state index in [1.165, 1.54) is 17.4 Å². The number of nitrogens with one attached hydrogen (secondary N) is 1. The van der Waals surface area contributed by atoms with Crippen molar-refractivity contribution in [2.75, 3.05) is 11.9 Å². The molecule has 0 spiro atoms. The molecule has 1 saturated heterocycles. The smallest absolute Gasteiger partial charge is 0.351 e. The van der Waals surface area contributed by atoms with Gasteiger partial charge < -0.3 is 15.2 Å². The van der Waals surface area contributed by atoms with E-state index in [1.54, 1.807) is 12.3 Å². The van der Waals surface area contributed by atoms with Gasteiger partial charge in [0.1, 0.15) is 12.0 Å². The zero-order valence-corrected chi connectivity index (χ0v) is 20.5. The van der Waals surface area contributed by atoms with E-state index in [-0.39, 0.29) is 24.4 Å². The van der Waals surface area contributed by atoms with E-state index in [0.717, 1.165) is 44.9 Å². The highest BCUT2D eigenvalue weighted by Crippen LogP contribution is 2.26. The molecule has 0 unspecified atom stereocenters. The number of aromatic nitrogens is 2. The summed E-state index contributed by atoms with van der Waals surface area (Å²) in [7, 11) is 0. The van der Waals surface area contributed by atoms with E-state index in [4.69, 9.17) is 9.84 Å². The fourth-order valence-electron chi connectivity index (χ4n) is 3.84. The molecular formula is C27H41N3O4. The van der Waals surface area contributed by atoms with Crippen molar-refractivity contribution in [1.29, 1.82) is 0 Å². The lowest BCUT2D eigenvalue weighted by molar-refractivity contribution is -0.116. The summed E-state index contributed by atoms with van der Waals surface area (Å²) < 4.78 is 7.02. The third-order valence-corrected chi connectivity index (χ3v) is 5.75. The van der Waals surface area contributed by atoms with E-state index in [2.05, 4.69) is 53.7 Å². The number of unbranched alkanes of at least 4 members (excludes halogenated alkanes) is 5. The Kier molecular flexibility index (Phi) is 13.9. The van der Waals surface area contributed by atoms with Crippen LogP contribution in [0.2, 0.25) is 0 Å². The van der Waals surface area contributed by atoms with Gasteiger partial charge in [-0.2, -0.15) is 4.98 Å². The summed E-state index contributed by atoms with van der Waals surface area (Å²) >= 11 is 0. The van der Waals surface area contributed by atoms with Crippen molar-refractivity contribution in [1.82, 2.24) is 9.55 Å². The Bertz CT molecular complexity index is 860. The molecule has 1 fully saturated rings. The number of ether oxygens (including phenoxy) is 1. The lowest BCUT2D eigenvalue weighted by Crippen LogP contribution is -2.28. The van der Waals surface area contributed by atoms with Crippen LogP contribution >= 0.6 is 0 Å². The second kappa shape index (κ2) is 17.0. The quantitative estimate of drug-likeness (QED) is 0.247. The number of amides is 1. The maximum Gasteiger partial charge on any atom is 0.351 e. The molecule has 0 aromatic carbocycles. The number of carbonyl (C=O) groups excluding carboxylic acids is 1. The van der Waals surface area contributed by atoms with E-state index in [0.29, 0.717) is 19.3 Å². The average molecular weight is 472 g/mol. The fourth-order valence-corrected chi connectivity index (χ4v) is 3.84. The van der Waals surface area contributed by atoms with E-state index in [9.17, 15) is 9.59 Å². The Hall–Kier alpha value is -2.51. The SMILES string of the molecule is CCC=CCC=CCC=CCCCCCCCC(=O)Nc1ccn([C@@H]2CC[C@@H](CO)O2)c(=O)n1. The highest BCUT2D eigenvalue weighted by molar-refractivity contribution is 5.89.